The fourth-order valence-electron chi connectivity index (χ4n) is 3.77. The summed E-state index contributed by atoms with van der Waals surface area (Å²) in [4.78, 5) is 7.47. The fraction of sp³-hybridized carbons (Fsp3) is 0.172. The predicted octanol–water partition coefficient (Wildman–Crippen LogP) is 6.78. The van der Waals surface area contributed by atoms with Crippen molar-refractivity contribution in [3.63, 3.8) is 0 Å². The van der Waals surface area contributed by atoms with Gasteiger partial charge in [0.1, 0.15) is 24.3 Å². The number of rotatable bonds is 9. The maximum Gasteiger partial charge on any atom is 0.165 e. The lowest BCUT2D eigenvalue weighted by molar-refractivity contribution is 0.267. The van der Waals surface area contributed by atoms with Gasteiger partial charge in [0.25, 0.3) is 0 Å². The standard InChI is InChI=1S/C29H26FN3O2/c1-4-6-22-13-21(14-23(17-31)29-32-25-12-11-24(30)16-26(25)33-29)15-27(34-5-2)28(22)35-18-20-9-7-19(3)8-10-20/h4,7-16H,1,5-6,18H2,2-3H3,(H,32,33)/b23-14-. The van der Waals surface area contributed by atoms with E-state index in [4.69, 9.17) is 9.47 Å². The van der Waals surface area contributed by atoms with Gasteiger partial charge in [0.05, 0.1) is 23.2 Å². The number of halogens is 1. The molecule has 176 valence electrons. The van der Waals surface area contributed by atoms with E-state index in [0.29, 0.717) is 53.6 Å². The lowest BCUT2D eigenvalue weighted by Gasteiger charge is -2.17. The molecular weight excluding hydrogens is 441 g/mol. The topological polar surface area (TPSA) is 70.9 Å². The third-order valence-electron chi connectivity index (χ3n) is 5.45. The van der Waals surface area contributed by atoms with Crippen molar-refractivity contribution in [1.29, 1.82) is 5.26 Å². The molecule has 3 aromatic carbocycles. The highest BCUT2D eigenvalue weighted by atomic mass is 19.1. The van der Waals surface area contributed by atoms with E-state index in [-0.39, 0.29) is 5.82 Å². The molecule has 0 aliphatic heterocycles. The lowest BCUT2D eigenvalue weighted by Crippen LogP contribution is -2.03. The molecule has 0 bridgehead atoms. The van der Waals surface area contributed by atoms with Crippen LogP contribution in [-0.2, 0) is 13.0 Å². The van der Waals surface area contributed by atoms with Gasteiger partial charge in [-0.25, -0.2) is 9.37 Å². The second kappa shape index (κ2) is 10.7. The second-order valence-electron chi connectivity index (χ2n) is 8.12. The molecule has 5 nitrogen and oxygen atoms in total. The van der Waals surface area contributed by atoms with Crippen molar-refractivity contribution in [3.05, 3.63) is 101 Å². The Morgan fingerprint density at radius 3 is 2.66 bits per heavy atom. The van der Waals surface area contributed by atoms with E-state index < -0.39 is 0 Å². The Hall–Kier alpha value is -4.37. The van der Waals surface area contributed by atoms with E-state index in [9.17, 15) is 9.65 Å². The number of ether oxygens (including phenoxy) is 2. The molecule has 0 radical (unpaired) electrons. The summed E-state index contributed by atoms with van der Waals surface area (Å²) in [5, 5.41) is 9.83. The van der Waals surface area contributed by atoms with Crippen LogP contribution in [0.2, 0.25) is 0 Å². The Bertz CT molecular complexity index is 1430. The normalized spacial score (nSPS) is 11.3. The van der Waals surface area contributed by atoms with Crippen molar-refractivity contribution in [2.75, 3.05) is 6.61 Å². The number of allylic oxidation sites excluding steroid dienone is 2. The van der Waals surface area contributed by atoms with E-state index in [1.54, 1.807) is 18.2 Å². The van der Waals surface area contributed by atoms with Crippen molar-refractivity contribution in [3.8, 4) is 17.6 Å². The minimum atomic E-state index is -0.369. The summed E-state index contributed by atoms with van der Waals surface area (Å²) in [5.74, 6) is 1.25. The number of benzene rings is 3. The third-order valence-corrected chi connectivity index (χ3v) is 5.45. The Kier molecular flexibility index (Phi) is 7.27. The molecule has 1 aromatic heterocycles. The lowest BCUT2D eigenvalue weighted by atomic mass is 10.0. The van der Waals surface area contributed by atoms with Gasteiger partial charge in [-0.05, 0) is 67.8 Å². The molecule has 4 rings (SSSR count). The first kappa shape index (κ1) is 23.8. The molecule has 0 saturated carbocycles. The minimum Gasteiger partial charge on any atom is -0.490 e. The number of hydrogen-bond acceptors (Lipinski definition) is 4. The zero-order valence-electron chi connectivity index (χ0n) is 19.8. The van der Waals surface area contributed by atoms with Crippen LogP contribution in [0.3, 0.4) is 0 Å². The third kappa shape index (κ3) is 5.59. The van der Waals surface area contributed by atoms with Gasteiger partial charge in [-0.3, -0.25) is 0 Å². The predicted molar refractivity (Wildman–Crippen MR) is 137 cm³/mol. The maximum absolute atomic E-state index is 13.6. The highest BCUT2D eigenvalue weighted by molar-refractivity contribution is 5.90. The van der Waals surface area contributed by atoms with Crippen molar-refractivity contribution in [1.82, 2.24) is 9.97 Å². The summed E-state index contributed by atoms with van der Waals surface area (Å²) < 4.78 is 25.7. The van der Waals surface area contributed by atoms with Crippen LogP contribution >= 0.6 is 0 Å². The Morgan fingerprint density at radius 1 is 1.14 bits per heavy atom. The Balaban J connectivity index is 1.71. The molecule has 0 unspecified atom stereocenters. The van der Waals surface area contributed by atoms with Gasteiger partial charge in [0.15, 0.2) is 11.5 Å². The largest absolute Gasteiger partial charge is 0.490 e. The number of nitrogens with zero attached hydrogens (tertiary/aromatic N) is 2. The molecule has 35 heavy (non-hydrogen) atoms. The maximum atomic E-state index is 13.6. The van der Waals surface area contributed by atoms with Crippen LogP contribution < -0.4 is 9.47 Å². The van der Waals surface area contributed by atoms with Crippen molar-refractivity contribution < 1.29 is 13.9 Å². The van der Waals surface area contributed by atoms with E-state index in [1.165, 1.54) is 17.7 Å². The molecular formula is C29H26FN3O2. The molecule has 4 aromatic rings. The summed E-state index contributed by atoms with van der Waals surface area (Å²) in [6.07, 6.45) is 4.10. The van der Waals surface area contributed by atoms with E-state index in [2.05, 4.69) is 34.7 Å². The second-order valence-corrected chi connectivity index (χ2v) is 8.12. The first-order chi connectivity index (χ1) is 17.0. The molecule has 6 heteroatoms. The number of aromatic amines is 1. The van der Waals surface area contributed by atoms with E-state index in [1.807, 2.05) is 38.1 Å². The molecule has 0 aliphatic carbocycles. The van der Waals surface area contributed by atoms with Gasteiger partial charge in [-0.1, -0.05) is 35.9 Å². The highest BCUT2D eigenvalue weighted by Gasteiger charge is 2.15. The highest BCUT2D eigenvalue weighted by Crippen LogP contribution is 2.36. The van der Waals surface area contributed by atoms with Crippen LogP contribution in [0.15, 0.2) is 67.3 Å². The fourth-order valence-corrected chi connectivity index (χ4v) is 3.77. The zero-order chi connectivity index (χ0) is 24.8. The number of fused-ring (bicyclic) bond motifs is 1. The number of nitriles is 1. The number of imidazole rings is 1. The van der Waals surface area contributed by atoms with Crippen LogP contribution in [0.1, 0.15) is 35.0 Å². The Morgan fingerprint density at radius 2 is 1.94 bits per heavy atom. The van der Waals surface area contributed by atoms with Crippen LogP contribution in [-0.4, -0.2) is 16.6 Å². The number of aryl methyl sites for hydroxylation is 1. The Labute approximate surface area is 204 Å². The smallest absolute Gasteiger partial charge is 0.165 e. The molecule has 0 amide bonds. The summed E-state index contributed by atoms with van der Waals surface area (Å²) >= 11 is 0. The molecule has 1 heterocycles. The van der Waals surface area contributed by atoms with E-state index in [0.717, 1.165) is 16.7 Å². The summed E-state index contributed by atoms with van der Waals surface area (Å²) in [6.45, 7) is 8.70. The van der Waals surface area contributed by atoms with Gasteiger partial charge in [-0.15, -0.1) is 6.58 Å². The first-order valence-corrected chi connectivity index (χ1v) is 11.4. The van der Waals surface area contributed by atoms with Gasteiger partial charge in [0.2, 0.25) is 0 Å². The van der Waals surface area contributed by atoms with Crippen LogP contribution in [0.25, 0.3) is 22.7 Å². The zero-order valence-corrected chi connectivity index (χ0v) is 19.8. The van der Waals surface area contributed by atoms with Gasteiger partial charge in [-0.2, -0.15) is 5.26 Å². The van der Waals surface area contributed by atoms with E-state index >= 15 is 0 Å². The summed E-state index contributed by atoms with van der Waals surface area (Å²) in [7, 11) is 0. The van der Waals surface area contributed by atoms with Gasteiger partial charge >= 0.3 is 0 Å². The van der Waals surface area contributed by atoms with Gasteiger partial charge in [0, 0.05) is 5.56 Å². The number of H-pyrrole nitrogens is 1. The minimum absolute atomic E-state index is 0.321. The number of hydrogen-bond donors (Lipinski definition) is 1. The van der Waals surface area contributed by atoms with Crippen molar-refractivity contribution in [2.24, 2.45) is 0 Å². The quantitative estimate of drug-likeness (QED) is 0.218. The molecule has 1 N–H and O–H groups in total. The summed E-state index contributed by atoms with van der Waals surface area (Å²) in [5.41, 5.74) is 5.34. The number of nitrogens with one attached hydrogen (secondary N) is 1. The summed E-state index contributed by atoms with van der Waals surface area (Å²) in [6, 6.07) is 18.5. The van der Waals surface area contributed by atoms with Gasteiger partial charge < -0.3 is 14.5 Å². The monoisotopic (exact) mass is 467 g/mol. The SMILES string of the molecule is C=CCc1cc(/C=C(/C#N)c2nc3ccc(F)cc3[nH]2)cc(OCC)c1OCc1ccc(C)cc1. The number of aromatic nitrogens is 2. The molecule has 0 aliphatic rings. The van der Waals surface area contributed by atoms with Crippen LogP contribution in [0, 0.1) is 24.1 Å². The van der Waals surface area contributed by atoms with Crippen LogP contribution in [0.5, 0.6) is 11.5 Å². The van der Waals surface area contributed by atoms with Crippen molar-refractivity contribution >= 4 is 22.7 Å². The molecule has 0 fully saturated rings. The molecule has 0 spiro atoms. The molecule has 0 atom stereocenters. The average molecular weight is 468 g/mol. The molecule has 0 saturated heterocycles. The van der Waals surface area contributed by atoms with Crippen LogP contribution in [0.4, 0.5) is 4.39 Å². The van der Waals surface area contributed by atoms with Crippen molar-refractivity contribution in [2.45, 2.75) is 26.9 Å². The first-order valence-electron chi connectivity index (χ1n) is 11.4. The average Bonchev–Trinajstić information content (AvgIpc) is 3.26.